The summed E-state index contributed by atoms with van der Waals surface area (Å²) in [4.78, 5) is 19.6. The van der Waals surface area contributed by atoms with Gasteiger partial charge in [-0.25, -0.2) is 9.82 Å². The van der Waals surface area contributed by atoms with Crippen LogP contribution in [0.15, 0.2) is 48.5 Å². The van der Waals surface area contributed by atoms with Gasteiger partial charge in [-0.05, 0) is 55.1 Å². The Kier molecular flexibility index (Phi) is 8.84. The molecule has 42 heavy (non-hydrogen) atoms. The Labute approximate surface area is 243 Å². The molecule has 0 fully saturated rings. The van der Waals surface area contributed by atoms with Gasteiger partial charge < -0.3 is 29.7 Å². The summed E-state index contributed by atoms with van der Waals surface area (Å²) in [5.74, 6) is -0.454. The van der Waals surface area contributed by atoms with Crippen molar-refractivity contribution >= 4 is 17.7 Å². The summed E-state index contributed by atoms with van der Waals surface area (Å²) in [7, 11) is 1.31. The normalized spacial score (nSPS) is 17.4. The SMILES string of the molecule is COc1cc(C(=O)NC[C@](O)(c2cc3c(c(-c4ccc(C#N)cc4)n2)OC[C@]3(C)NCl)C(F)(F)F)ccc1OCCO. The van der Waals surface area contributed by atoms with Gasteiger partial charge in [-0.3, -0.25) is 4.79 Å². The zero-order valence-electron chi connectivity index (χ0n) is 22.4. The third-order valence-corrected chi connectivity index (χ3v) is 7.16. The van der Waals surface area contributed by atoms with Crippen LogP contribution in [-0.2, 0) is 11.1 Å². The molecule has 1 aliphatic heterocycles. The molecular formula is C28H26ClF3N4O6. The lowest BCUT2D eigenvalue weighted by Gasteiger charge is -2.31. The highest BCUT2D eigenvalue weighted by molar-refractivity contribution is 6.14. The summed E-state index contributed by atoms with van der Waals surface area (Å²) in [5, 5.41) is 31.4. The molecule has 0 unspecified atom stereocenters. The minimum absolute atomic E-state index is 0.0140. The third-order valence-electron chi connectivity index (χ3n) is 6.74. The quantitative estimate of drug-likeness (QED) is 0.255. The Morgan fingerprint density at radius 2 is 1.93 bits per heavy atom. The van der Waals surface area contributed by atoms with Gasteiger partial charge in [0, 0.05) is 16.7 Å². The molecule has 0 bridgehead atoms. The van der Waals surface area contributed by atoms with Gasteiger partial charge >= 0.3 is 6.18 Å². The van der Waals surface area contributed by atoms with Gasteiger partial charge in [-0.1, -0.05) is 12.1 Å². The number of halogens is 4. The average Bonchev–Trinajstić information content (AvgIpc) is 3.34. The number of amides is 1. The molecule has 10 nitrogen and oxygen atoms in total. The number of carbonyl (C=O) groups is 1. The van der Waals surface area contributed by atoms with Crippen LogP contribution in [0.5, 0.6) is 17.2 Å². The van der Waals surface area contributed by atoms with E-state index in [9.17, 15) is 23.1 Å². The molecule has 1 aliphatic rings. The molecule has 0 saturated heterocycles. The predicted octanol–water partition coefficient (Wildman–Crippen LogP) is 3.53. The highest BCUT2D eigenvalue weighted by Crippen LogP contribution is 2.47. The molecule has 1 amide bonds. The van der Waals surface area contributed by atoms with Gasteiger partial charge in [-0.2, -0.15) is 18.4 Å². The first-order valence-electron chi connectivity index (χ1n) is 12.5. The van der Waals surface area contributed by atoms with E-state index in [1.54, 1.807) is 6.92 Å². The maximum Gasteiger partial charge on any atom is 0.424 e. The molecule has 4 rings (SSSR count). The number of ether oxygens (including phenoxy) is 3. The number of aromatic nitrogens is 1. The maximum absolute atomic E-state index is 14.6. The summed E-state index contributed by atoms with van der Waals surface area (Å²) in [6, 6.07) is 12.8. The summed E-state index contributed by atoms with van der Waals surface area (Å²) in [6.07, 6.45) is -5.28. The number of hydrogen-bond acceptors (Lipinski definition) is 9. The first-order valence-corrected chi connectivity index (χ1v) is 12.8. The number of pyridine rings is 1. The first-order chi connectivity index (χ1) is 19.9. The maximum atomic E-state index is 14.6. The summed E-state index contributed by atoms with van der Waals surface area (Å²) in [6.45, 7) is -0.0284. The Hall–Kier alpha value is -4.09. The number of hydrogen-bond donors (Lipinski definition) is 4. The molecule has 222 valence electrons. The Morgan fingerprint density at radius 3 is 2.52 bits per heavy atom. The van der Waals surface area contributed by atoms with E-state index in [-0.39, 0.29) is 53.9 Å². The van der Waals surface area contributed by atoms with E-state index < -0.39 is 35.5 Å². The van der Waals surface area contributed by atoms with Crippen molar-refractivity contribution in [3.63, 3.8) is 0 Å². The summed E-state index contributed by atoms with van der Waals surface area (Å²) >= 11 is 5.95. The second-order valence-corrected chi connectivity index (χ2v) is 9.80. The standard InChI is InChI=1S/C28H26ClF3N4O6/c1-26(36-29)15-42-24-19(26)12-22(35-23(24)17-5-3-16(13-33)4-6-17)27(39,28(30,31)32)14-34-25(38)18-7-8-20(41-10-9-37)21(11-18)40-2/h3-8,11-12,36-37,39H,9-10,14-15H2,1-2H3,(H,34,38)/t26-,27-/m0/s1. The van der Waals surface area contributed by atoms with E-state index in [1.165, 1.54) is 49.6 Å². The molecule has 2 aromatic carbocycles. The van der Waals surface area contributed by atoms with Crippen LogP contribution in [0.25, 0.3) is 11.3 Å². The molecule has 0 spiro atoms. The smallest absolute Gasteiger partial charge is 0.424 e. The number of rotatable bonds is 10. The molecule has 2 atom stereocenters. The zero-order valence-corrected chi connectivity index (χ0v) is 23.1. The molecule has 3 aromatic rings. The molecule has 14 heteroatoms. The van der Waals surface area contributed by atoms with Crippen LogP contribution in [-0.4, -0.2) is 60.8 Å². The van der Waals surface area contributed by atoms with Gasteiger partial charge in [0.05, 0.1) is 43.1 Å². The Bertz CT molecular complexity index is 1520. The van der Waals surface area contributed by atoms with E-state index in [0.29, 0.717) is 11.1 Å². The number of aliphatic hydroxyl groups is 2. The van der Waals surface area contributed by atoms with Crippen molar-refractivity contribution in [2.24, 2.45) is 0 Å². The van der Waals surface area contributed by atoms with Gasteiger partial charge in [0.25, 0.3) is 5.91 Å². The third kappa shape index (κ3) is 5.79. The summed E-state index contributed by atoms with van der Waals surface area (Å²) < 4.78 is 60.0. The van der Waals surface area contributed by atoms with Gasteiger partial charge in [-0.15, -0.1) is 0 Å². The fourth-order valence-corrected chi connectivity index (χ4v) is 4.46. The average molecular weight is 607 g/mol. The monoisotopic (exact) mass is 606 g/mol. The van der Waals surface area contributed by atoms with Gasteiger partial charge in [0.2, 0.25) is 5.60 Å². The van der Waals surface area contributed by atoms with E-state index in [0.717, 1.165) is 6.07 Å². The van der Waals surface area contributed by atoms with E-state index >= 15 is 0 Å². The minimum Gasteiger partial charge on any atom is -0.493 e. The number of aliphatic hydroxyl groups excluding tert-OH is 1. The molecule has 1 aromatic heterocycles. The molecule has 0 aliphatic carbocycles. The molecule has 4 N–H and O–H groups in total. The van der Waals surface area contributed by atoms with Crippen molar-refractivity contribution in [2.75, 3.05) is 33.5 Å². The summed E-state index contributed by atoms with van der Waals surface area (Å²) in [5.41, 5.74) is -4.80. The lowest BCUT2D eigenvalue weighted by atomic mass is 9.89. The zero-order chi connectivity index (χ0) is 30.7. The second-order valence-electron chi connectivity index (χ2n) is 9.62. The number of carbonyl (C=O) groups excluding carboxylic acids is 1. The van der Waals surface area contributed by atoms with E-state index in [2.05, 4.69) is 15.1 Å². The van der Waals surface area contributed by atoms with Crippen molar-refractivity contribution in [3.8, 4) is 34.6 Å². The lowest BCUT2D eigenvalue weighted by Crippen LogP contribution is -2.51. The Morgan fingerprint density at radius 1 is 1.21 bits per heavy atom. The number of nitrogens with zero attached hydrogens (tertiary/aromatic N) is 2. The molecule has 2 heterocycles. The van der Waals surface area contributed by atoms with Crippen molar-refractivity contribution in [2.45, 2.75) is 24.2 Å². The fourth-order valence-electron chi connectivity index (χ4n) is 4.30. The molecule has 0 saturated carbocycles. The van der Waals surface area contributed by atoms with Crippen molar-refractivity contribution in [3.05, 3.63) is 70.9 Å². The second kappa shape index (κ2) is 12.0. The number of methoxy groups -OCH3 is 1. The van der Waals surface area contributed by atoms with Gasteiger partial charge in [0.1, 0.15) is 18.9 Å². The topological polar surface area (TPSA) is 146 Å². The highest BCUT2D eigenvalue weighted by atomic mass is 35.5. The van der Waals surface area contributed by atoms with Crippen LogP contribution in [0.2, 0.25) is 0 Å². The number of nitrogens with one attached hydrogen (secondary N) is 2. The predicted molar refractivity (Wildman–Crippen MR) is 144 cm³/mol. The van der Waals surface area contributed by atoms with Crippen LogP contribution in [0.3, 0.4) is 0 Å². The van der Waals surface area contributed by atoms with Crippen LogP contribution in [0, 0.1) is 11.3 Å². The first kappa shape index (κ1) is 30.9. The number of benzene rings is 2. The fraction of sp³-hybridized carbons (Fsp3) is 0.321. The van der Waals surface area contributed by atoms with E-state index in [1.807, 2.05) is 6.07 Å². The van der Waals surface area contributed by atoms with Gasteiger partial charge in [0.15, 0.2) is 17.2 Å². The molecule has 0 radical (unpaired) electrons. The Balaban J connectivity index is 1.74. The van der Waals surface area contributed by atoms with Crippen LogP contribution < -0.4 is 24.4 Å². The highest BCUT2D eigenvalue weighted by Gasteiger charge is 2.57. The van der Waals surface area contributed by atoms with E-state index in [4.69, 9.17) is 36.4 Å². The van der Waals surface area contributed by atoms with Crippen molar-refractivity contribution in [1.82, 2.24) is 15.1 Å². The minimum atomic E-state index is -5.28. The number of fused-ring (bicyclic) bond motifs is 1. The number of alkyl halides is 3. The van der Waals surface area contributed by atoms with Crippen molar-refractivity contribution < 1.29 is 42.4 Å². The van der Waals surface area contributed by atoms with Crippen LogP contribution in [0.1, 0.15) is 34.1 Å². The lowest BCUT2D eigenvalue weighted by molar-refractivity contribution is -0.265. The van der Waals surface area contributed by atoms with Crippen LogP contribution in [0.4, 0.5) is 13.2 Å². The van der Waals surface area contributed by atoms with Crippen LogP contribution >= 0.6 is 11.8 Å². The number of nitriles is 1. The molecular weight excluding hydrogens is 581 g/mol. The van der Waals surface area contributed by atoms with Crippen molar-refractivity contribution in [1.29, 1.82) is 5.26 Å². The largest absolute Gasteiger partial charge is 0.493 e.